The zero-order valence-electron chi connectivity index (χ0n) is 6.35. The summed E-state index contributed by atoms with van der Waals surface area (Å²) in [6, 6.07) is 0. The number of rotatable bonds is 1. The molecule has 53 valence electrons. The van der Waals surface area contributed by atoms with Gasteiger partial charge in [-0.3, -0.25) is 0 Å². The summed E-state index contributed by atoms with van der Waals surface area (Å²) < 4.78 is 4.89. The minimum atomic E-state index is -0.109. The second kappa shape index (κ2) is 3.20. The fourth-order valence-corrected chi connectivity index (χ4v) is 2.89. The molecule has 0 aliphatic heterocycles. The van der Waals surface area contributed by atoms with Gasteiger partial charge in [0.05, 0.1) is 0 Å². The van der Waals surface area contributed by atoms with Crippen molar-refractivity contribution in [2.75, 3.05) is 0 Å². The van der Waals surface area contributed by atoms with Crippen molar-refractivity contribution in [2.24, 2.45) is 5.41 Å². The van der Waals surface area contributed by atoms with Gasteiger partial charge in [-0.05, 0) is 0 Å². The van der Waals surface area contributed by atoms with Crippen LogP contribution in [0.1, 0.15) is 32.6 Å². The van der Waals surface area contributed by atoms with E-state index in [-0.39, 0.29) is 38.0 Å². The predicted octanol–water partition coefficient (Wildman–Crippen LogP) is 1.57. The summed E-state index contributed by atoms with van der Waals surface area (Å²) in [6.45, 7) is 2.02. The summed E-state index contributed by atoms with van der Waals surface area (Å²) in [5, 5.41) is 0. The van der Waals surface area contributed by atoms with Crippen LogP contribution in [0.15, 0.2) is 0 Å². The molecule has 0 aromatic carbocycles. The van der Waals surface area contributed by atoms with Crippen molar-refractivity contribution in [3.63, 3.8) is 0 Å². The quantitative estimate of drug-likeness (QED) is 0.683. The molecule has 0 saturated heterocycles. The van der Waals surface area contributed by atoms with Gasteiger partial charge in [-0.1, -0.05) is 0 Å². The van der Waals surface area contributed by atoms with Gasteiger partial charge in [-0.2, -0.15) is 0 Å². The molecule has 1 aliphatic carbocycles. The molecule has 0 atom stereocenters. The van der Waals surface area contributed by atoms with Gasteiger partial charge >= 0.3 is 78.0 Å². The Labute approximate surface area is 78.0 Å². The molecular formula is C7H11HgO2. The SMILES string of the molecule is CC1(C(=O)[O][Hg])CCCC1. The van der Waals surface area contributed by atoms with Crippen LogP contribution in [0.2, 0.25) is 0 Å². The first kappa shape index (κ1) is 8.50. The monoisotopic (exact) mass is 329 g/mol. The normalized spacial score (nSPS) is 22.7. The maximum atomic E-state index is 11.2. The van der Waals surface area contributed by atoms with Gasteiger partial charge in [0.2, 0.25) is 0 Å². The van der Waals surface area contributed by atoms with Crippen LogP contribution in [0.3, 0.4) is 0 Å². The van der Waals surface area contributed by atoms with Crippen molar-refractivity contribution < 1.29 is 34.0 Å². The molecule has 0 radical (unpaired) electrons. The average Bonchev–Trinajstić information content (AvgIpc) is 2.36. The Hall–Kier alpha value is 0.405. The molecule has 1 rings (SSSR count). The Morgan fingerprint density at radius 2 is 2.00 bits per heavy atom. The summed E-state index contributed by atoms with van der Waals surface area (Å²) in [4.78, 5) is 11.2. The molecule has 0 heterocycles. The van der Waals surface area contributed by atoms with Crippen LogP contribution in [0.4, 0.5) is 0 Å². The van der Waals surface area contributed by atoms with E-state index in [1.54, 1.807) is 0 Å². The number of carbonyl (C=O) groups is 1. The van der Waals surface area contributed by atoms with Crippen LogP contribution in [0.5, 0.6) is 0 Å². The van der Waals surface area contributed by atoms with E-state index in [0.29, 0.717) is 0 Å². The fourth-order valence-electron chi connectivity index (χ4n) is 1.53. The summed E-state index contributed by atoms with van der Waals surface area (Å²) in [6.07, 6.45) is 4.45. The number of hydrogen-bond acceptors (Lipinski definition) is 2. The first-order chi connectivity index (χ1) is 4.69. The Kier molecular flexibility index (Phi) is 2.72. The van der Waals surface area contributed by atoms with Crippen LogP contribution < -0.4 is 0 Å². The summed E-state index contributed by atoms with van der Waals surface area (Å²) in [7, 11) is 0. The van der Waals surface area contributed by atoms with Crippen LogP contribution in [0.25, 0.3) is 0 Å². The third kappa shape index (κ3) is 1.52. The second-order valence-electron chi connectivity index (χ2n) is 3.20. The van der Waals surface area contributed by atoms with E-state index in [2.05, 4.69) is 0 Å². The van der Waals surface area contributed by atoms with Crippen molar-refractivity contribution >= 4 is 5.97 Å². The third-order valence-corrected chi connectivity index (χ3v) is 3.35. The van der Waals surface area contributed by atoms with Crippen molar-refractivity contribution in [1.82, 2.24) is 0 Å². The first-order valence-corrected chi connectivity index (χ1v) is 5.90. The van der Waals surface area contributed by atoms with Crippen molar-refractivity contribution in [3.05, 3.63) is 0 Å². The number of hydrogen-bond donors (Lipinski definition) is 0. The Morgan fingerprint density at radius 1 is 1.50 bits per heavy atom. The molecular weight excluding hydrogens is 317 g/mol. The van der Waals surface area contributed by atoms with Crippen molar-refractivity contribution in [1.29, 1.82) is 0 Å². The molecule has 0 bridgehead atoms. The Balaban J connectivity index is 2.58. The van der Waals surface area contributed by atoms with Gasteiger partial charge in [-0.15, -0.1) is 0 Å². The zero-order valence-corrected chi connectivity index (χ0v) is 11.8. The van der Waals surface area contributed by atoms with Crippen LogP contribution in [-0.4, -0.2) is 5.97 Å². The van der Waals surface area contributed by atoms with Gasteiger partial charge in [0.25, 0.3) is 0 Å². The Bertz CT molecular complexity index is 139. The predicted molar refractivity (Wildman–Crippen MR) is 32.7 cm³/mol. The van der Waals surface area contributed by atoms with Gasteiger partial charge in [0, 0.05) is 0 Å². The third-order valence-electron chi connectivity index (χ3n) is 2.33. The van der Waals surface area contributed by atoms with Gasteiger partial charge in [-0.25, -0.2) is 0 Å². The molecule has 1 aliphatic rings. The van der Waals surface area contributed by atoms with E-state index in [1.807, 2.05) is 6.92 Å². The van der Waals surface area contributed by atoms with Crippen molar-refractivity contribution in [3.8, 4) is 0 Å². The average molecular weight is 328 g/mol. The fraction of sp³-hybridized carbons (Fsp3) is 0.857. The van der Waals surface area contributed by atoms with Crippen molar-refractivity contribution in [2.45, 2.75) is 32.6 Å². The van der Waals surface area contributed by atoms with E-state index in [1.165, 1.54) is 12.8 Å². The molecule has 0 N–H and O–H groups in total. The second-order valence-corrected chi connectivity index (χ2v) is 4.32. The maximum absolute atomic E-state index is 11.2. The molecule has 10 heavy (non-hydrogen) atoms. The summed E-state index contributed by atoms with van der Waals surface area (Å²) in [5.41, 5.74) is -0.109. The molecule has 1 saturated carbocycles. The zero-order chi connectivity index (χ0) is 7.61. The van der Waals surface area contributed by atoms with Crippen LogP contribution in [0, 0.1) is 5.41 Å². The van der Waals surface area contributed by atoms with E-state index in [0.717, 1.165) is 12.8 Å². The van der Waals surface area contributed by atoms with Gasteiger partial charge in [0.15, 0.2) is 0 Å². The van der Waals surface area contributed by atoms with E-state index in [4.69, 9.17) is 2.64 Å². The molecule has 0 amide bonds. The molecule has 3 heteroatoms. The van der Waals surface area contributed by atoms with Crippen LogP contribution in [-0.2, 0) is 34.0 Å². The first-order valence-electron chi connectivity index (χ1n) is 3.65. The summed E-state index contributed by atoms with van der Waals surface area (Å²) >= 11 is 0.172. The van der Waals surface area contributed by atoms with E-state index < -0.39 is 0 Å². The molecule has 0 aromatic heterocycles. The summed E-state index contributed by atoms with van der Waals surface area (Å²) in [5.74, 6) is 0.0494. The van der Waals surface area contributed by atoms with E-state index in [9.17, 15) is 4.79 Å². The topological polar surface area (TPSA) is 26.3 Å². The molecule has 2 nitrogen and oxygen atoms in total. The standard InChI is InChI=1S/C7H12O2.Hg/c1-7(6(8)9)4-2-3-5-7;/h2-5H2,1H3,(H,8,9);/q;+1/p-1. The Morgan fingerprint density at radius 3 is 2.40 bits per heavy atom. The molecule has 0 aromatic rings. The van der Waals surface area contributed by atoms with Crippen LogP contribution >= 0.6 is 0 Å². The molecule has 0 spiro atoms. The number of carbonyl (C=O) groups excluding carboxylic acids is 1. The van der Waals surface area contributed by atoms with Gasteiger partial charge in [0.1, 0.15) is 0 Å². The van der Waals surface area contributed by atoms with E-state index >= 15 is 0 Å². The minimum absolute atomic E-state index is 0.0494. The molecule has 1 fully saturated rings. The molecule has 0 unspecified atom stereocenters. The van der Waals surface area contributed by atoms with Gasteiger partial charge < -0.3 is 0 Å².